The molecule has 1 aromatic heterocycles. The number of fused-ring (bicyclic) bond motifs is 1. The molecule has 4 rings (SSSR count). The lowest BCUT2D eigenvalue weighted by atomic mass is 10.0. The van der Waals surface area contributed by atoms with Gasteiger partial charge in [-0.3, -0.25) is 0 Å². The summed E-state index contributed by atoms with van der Waals surface area (Å²) < 4.78 is 2.05. The summed E-state index contributed by atoms with van der Waals surface area (Å²) in [5.41, 5.74) is 4.65. The fourth-order valence-electron chi connectivity index (χ4n) is 4.49. The third kappa shape index (κ3) is 5.61. The molecule has 0 amide bonds. The van der Waals surface area contributed by atoms with Gasteiger partial charge in [0.25, 0.3) is 0 Å². The normalized spacial score (nSPS) is 12.3. The van der Waals surface area contributed by atoms with E-state index in [9.17, 15) is 15.3 Å². The molecule has 0 spiro atoms. The molecule has 1 unspecified atom stereocenters. The van der Waals surface area contributed by atoms with E-state index in [1.807, 2.05) is 53.2 Å². The first-order valence-electron chi connectivity index (χ1n) is 12.1. The van der Waals surface area contributed by atoms with Crippen LogP contribution in [0.4, 0.5) is 0 Å². The number of unbranched alkanes of at least 4 members (excludes halogenated alkanes) is 1. The monoisotopic (exact) mass is 458 g/mol. The molecular formula is C29H34N2O3. The maximum atomic E-state index is 10.9. The van der Waals surface area contributed by atoms with Gasteiger partial charge in [-0.15, -0.1) is 0 Å². The van der Waals surface area contributed by atoms with Crippen molar-refractivity contribution < 1.29 is 15.3 Å². The number of hydrogen-bond donors (Lipinski definition) is 4. The minimum atomic E-state index is -0.526. The summed E-state index contributed by atoms with van der Waals surface area (Å²) in [6.45, 7) is 3.69. The number of nitrogens with zero attached hydrogens (tertiary/aromatic N) is 1. The molecule has 0 saturated carbocycles. The Kier molecular flexibility index (Phi) is 7.88. The second-order valence-electron chi connectivity index (χ2n) is 8.95. The first kappa shape index (κ1) is 23.9. The van der Waals surface area contributed by atoms with E-state index >= 15 is 0 Å². The quantitative estimate of drug-likeness (QED) is 0.251. The van der Waals surface area contributed by atoms with E-state index in [0.717, 1.165) is 41.3 Å². The summed E-state index contributed by atoms with van der Waals surface area (Å²) in [6.07, 6.45) is 4.85. The summed E-state index contributed by atoms with van der Waals surface area (Å²) in [7, 11) is 0. The van der Waals surface area contributed by atoms with Crippen LogP contribution in [0.25, 0.3) is 10.9 Å². The summed E-state index contributed by atoms with van der Waals surface area (Å²) in [5, 5.41) is 36.4. The number of rotatable bonds is 11. The standard InChI is InChI=1S/C29H34N2O3/c1-2-3-11-22-14-15-28(33)26(29(22)34)20-31-19-23(25-12-7-8-13-27(25)31)16-24(32)18-30-17-21-9-5-4-6-10-21/h4-10,12-15,19,24,30,32-34H,2-3,11,16-18,20H2,1H3. The first-order valence-corrected chi connectivity index (χ1v) is 12.1. The number of phenols is 2. The van der Waals surface area contributed by atoms with Gasteiger partial charge < -0.3 is 25.2 Å². The fraction of sp³-hybridized carbons (Fsp3) is 0.310. The van der Waals surface area contributed by atoms with E-state index < -0.39 is 6.10 Å². The van der Waals surface area contributed by atoms with Crippen molar-refractivity contribution in [3.63, 3.8) is 0 Å². The molecule has 4 aromatic rings. The number of phenolic OH excluding ortho intramolecular Hbond substituents is 2. The smallest absolute Gasteiger partial charge is 0.127 e. The number of aliphatic hydroxyl groups excluding tert-OH is 1. The Labute approximate surface area is 201 Å². The molecule has 0 saturated heterocycles. The Balaban J connectivity index is 1.51. The minimum absolute atomic E-state index is 0.0993. The van der Waals surface area contributed by atoms with Crippen LogP contribution in [0.3, 0.4) is 0 Å². The zero-order valence-electron chi connectivity index (χ0n) is 19.7. The zero-order valence-corrected chi connectivity index (χ0v) is 19.7. The van der Waals surface area contributed by atoms with Crippen LogP contribution in [0, 0.1) is 0 Å². The lowest BCUT2D eigenvalue weighted by Gasteiger charge is -2.13. The highest BCUT2D eigenvalue weighted by Crippen LogP contribution is 2.34. The van der Waals surface area contributed by atoms with Gasteiger partial charge >= 0.3 is 0 Å². The molecule has 1 heterocycles. The van der Waals surface area contributed by atoms with Crippen LogP contribution >= 0.6 is 0 Å². The summed E-state index contributed by atoms with van der Waals surface area (Å²) in [5.74, 6) is 0.278. The number of para-hydroxylation sites is 1. The number of aromatic nitrogens is 1. The number of aromatic hydroxyl groups is 2. The second-order valence-corrected chi connectivity index (χ2v) is 8.95. The van der Waals surface area contributed by atoms with Crippen molar-refractivity contribution >= 4 is 10.9 Å². The van der Waals surface area contributed by atoms with Gasteiger partial charge in [-0.25, -0.2) is 0 Å². The molecule has 178 valence electrons. The highest BCUT2D eigenvalue weighted by Gasteiger charge is 2.17. The number of nitrogens with one attached hydrogen (secondary N) is 1. The third-order valence-corrected chi connectivity index (χ3v) is 6.35. The SMILES string of the molecule is CCCCc1ccc(O)c(Cn2cc(CC(O)CNCc3ccccc3)c3ccccc32)c1O. The van der Waals surface area contributed by atoms with Crippen molar-refractivity contribution in [2.75, 3.05) is 6.54 Å². The summed E-state index contributed by atoms with van der Waals surface area (Å²) >= 11 is 0. The van der Waals surface area contributed by atoms with Gasteiger partial charge in [0, 0.05) is 36.6 Å². The van der Waals surface area contributed by atoms with Gasteiger partial charge in [0.05, 0.1) is 18.2 Å². The molecule has 3 aromatic carbocycles. The Morgan fingerprint density at radius 3 is 2.47 bits per heavy atom. The molecule has 0 aliphatic heterocycles. The van der Waals surface area contributed by atoms with Crippen molar-refractivity contribution in [1.29, 1.82) is 0 Å². The predicted octanol–water partition coefficient (Wildman–Crippen LogP) is 5.14. The van der Waals surface area contributed by atoms with Crippen molar-refractivity contribution in [2.45, 2.75) is 51.8 Å². The van der Waals surface area contributed by atoms with Gasteiger partial charge in [0.15, 0.2) is 0 Å². The van der Waals surface area contributed by atoms with E-state index in [0.29, 0.717) is 31.6 Å². The Morgan fingerprint density at radius 1 is 0.912 bits per heavy atom. The molecule has 34 heavy (non-hydrogen) atoms. The molecule has 0 fully saturated rings. The van der Waals surface area contributed by atoms with Gasteiger partial charge in [0.2, 0.25) is 0 Å². The second kappa shape index (κ2) is 11.2. The van der Waals surface area contributed by atoms with Crippen molar-refractivity contribution in [2.24, 2.45) is 0 Å². The van der Waals surface area contributed by atoms with Gasteiger partial charge in [-0.05, 0) is 41.7 Å². The lowest BCUT2D eigenvalue weighted by Crippen LogP contribution is -2.28. The minimum Gasteiger partial charge on any atom is -0.507 e. The Bertz CT molecular complexity index is 1220. The number of benzene rings is 3. The zero-order chi connectivity index (χ0) is 23.9. The van der Waals surface area contributed by atoms with Crippen LogP contribution < -0.4 is 5.32 Å². The Morgan fingerprint density at radius 2 is 1.68 bits per heavy atom. The van der Waals surface area contributed by atoms with Crippen LogP contribution in [-0.2, 0) is 25.9 Å². The van der Waals surface area contributed by atoms with E-state index in [1.165, 1.54) is 5.56 Å². The van der Waals surface area contributed by atoms with Crippen molar-refractivity contribution in [3.05, 3.63) is 95.2 Å². The van der Waals surface area contributed by atoms with Crippen LogP contribution in [0.15, 0.2) is 72.9 Å². The molecule has 4 N–H and O–H groups in total. The lowest BCUT2D eigenvalue weighted by molar-refractivity contribution is 0.172. The number of aliphatic hydroxyl groups is 1. The van der Waals surface area contributed by atoms with Crippen LogP contribution in [0.5, 0.6) is 11.5 Å². The van der Waals surface area contributed by atoms with E-state index in [-0.39, 0.29) is 11.5 Å². The third-order valence-electron chi connectivity index (χ3n) is 6.35. The maximum Gasteiger partial charge on any atom is 0.127 e. The van der Waals surface area contributed by atoms with E-state index in [4.69, 9.17) is 0 Å². The molecule has 0 bridgehead atoms. The Hall–Kier alpha value is -3.28. The van der Waals surface area contributed by atoms with Gasteiger partial charge in [-0.2, -0.15) is 0 Å². The summed E-state index contributed by atoms with van der Waals surface area (Å²) in [4.78, 5) is 0. The first-order chi connectivity index (χ1) is 16.6. The van der Waals surface area contributed by atoms with Gasteiger partial charge in [-0.1, -0.05) is 67.9 Å². The number of hydrogen-bond acceptors (Lipinski definition) is 4. The molecule has 5 nitrogen and oxygen atoms in total. The molecule has 5 heteroatoms. The summed E-state index contributed by atoms with van der Waals surface area (Å²) in [6, 6.07) is 21.7. The average molecular weight is 459 g/mol. The van der Waals surface area contributed by atoms with Crippen LogP contribution in [0.2, 0.25) is 0 Å². The van der Waals surface area contributed by atoms with E-state index in [1.54, 1.807) is 6.07 Å². The topological polar surface area (TPSA) is 77.7 Å². The highest BCUT2D eigenvalue weighted by atomic mass is 16.3. The molecule has 1 atom stereocenters. The van der Waals surface area contributed by atoms with Crippen molar-refractivity contribution in [1.82, 2.24) is 9.88 Å². The van der Waals surface area contributed by atoms with Gasteiger partial charge in [0.1, 0.15) is 11.5 Å². The van der Waals surface area contributed by atoms with E-state index in [2.05, 4.69) is 30.4 Å². The number of aryl methyl sites for hydroxylation is 1. The predicted molar refractivity (Wildman–Crippen MR) is 137 cm³/mol. The maximum absolute atomic E-state index is 10.9. The largest absolute Gasteiger partial charge is 0.507 e. The van der Waals surface area contributed by atoms with Crippen LogP contribution in [0.1, 0.15) is 42.0 Å². The molecule has 0 radical (unpaired) electrons. The highest BCUT2D eigenvalue weighted by molar-refractivity contribution is 5.84. The van der Waals surface area contributed by atoms with Crippen LogP contribution in [-0.4, -0.2) is 32.5 Å². The van der Waals surface area contributed by atoms with Crippen molar-refractivity contribution in [3.8, 4) is 11.5 Å². The molecule has 0 aliphatic rings. The molecular weight excluding hydrogens is 424 g/mol. The molecule has 0 aliphatic carbocycles. The fourth-order valence-corrected chi connectivity index (χ4v) is 4.49. The average Bonchev–Trinajstić information content (AvgIpc) is 3.19.